The third-order valence-corrected chi connectivity index (χ3v) is 2.91. The maximum absolute atomic E-state index is 11.1. The average Bonchev–Trinajstić information content (AvgIpc) is 2.34. The number of phenols is 1. The van der Waals surface area contributed by atoms with E-state index >= 15 is 0 Å². The van der Waals surface area contributed by atoms with Crippen molar-refractivity contribution in [3.8, 4) is 5.75 Å². The first-order valence-corrected chi connectivity index (χ1v) is 6.06. The van der Waals surface area contributed by atoms with Crippen molar-refractivity contribution in [3.05, 3.63) is 29.8 Å². The van der Waals surface area contributed by atoms with Gasteiger partial charge >= 0.3 is 0 Å². The highest BCUT2D eigenvalue weighted by Crippen LogP contribution is 2.31. The molecule has 0 unspecified atom stereocenters. The average molecular weight is 220 g/mol. The van der Waals surface area contributed by atoms with Gasteiger partial charge in [-0.05, 0) is 36.5 Å². The molecule has 1 aromatic rings. The number of hydrogen-bond acceptors (Lipinski definition) is 2. The number of rotatable bonds is 1. The Morgan fingerprint density at radius 2 is 1.56 bits per heavy atom. The maximum atomic E-state index is 11.1. The summed E-state index contributed by atoms with van der Waals surface area (Å²) in [5.74, 6) is 1.20. The highest BCUT2D eigenvalue weighted by Gasteiger charge is 2.19. The van der Waals surface area contributed by atoms with Crippen LogP contribution in [0.15, 0.2) is 24.3 Å². The molecular weight excluding hydrogens is 200 g/mol. The number of hydrogen-bond donors (Lipinski definition) is 1. The highest BCUT2D eigenvalue weighted by atomic mass is 16.3. The van der Waals surface area contributed by atoms with E-state index in [0.717, 1.165) is 12.8 Å². The molecule has 0 saturated heterocycles. The predicted octanol–water partition coefficient (Wildman–Crippen LogP) is 3.65. The molecule has 0 aromatic heterocycles. The van der Waals surface area contributed by atoms with E-state index in [-0.39, 0.29) is 0 Å². The van der Waals surface area contributed by atoms with Crippen molar-refractivity contribution >= 4 is 5.78 Å². The lowest BCUT2D eigenvalue weighted by Crippen LogP contribution is -2.12. The lowest BCUT2D eigenvalue weighted by Gasteiger charge is -2.21. The molecular formula is C14H20O2. The summed E-state index contributed by atoms with van der Waals surface area (Å²) < 4.78 is 0. The molecule has 88 valence electrons. The molecule has 16 heavy (non-hydrogen) atoms. The van der Waals surface area contributed by atoms with Crippen LogP contribution >= 0.6 is 0 Å². The van der Waals surface area contributed by atoms with Gasteiger partial charge in [0.2, 0.25) is 0 Å². The SMILES string of the molecule is CC.O=C1CCC(c2ccc(O)cc2)CC1. The van der Waals surface area contributed by atoms with E-state index in [4.69, 9.17) is 5.11 Å². The van der Waals surface area contributed by atoms with E-state index in [1.165, 1.54) is 5.56 Å². The monoisotopic (exact) mass is 220 g/mol. The molecule has 0 amide bonds. The second-order valence-corrected chi connectivity index (χ2v) is 3.90. The third-order valence-electron chi connectivity index (χ3n) is 2.91. The number of phenolic OH excluding ortho intramolecular Hbond substituents is 1. The van der Waals surface area contributed by atoms with Crippen LogP contribution in [0.1, 0.15) is 51.0 Å². The zero-order valence-electron chi connectivity index (χ0n) is 10.1. The molecule has 2 rings (SSSR count). The quantitative estimate of drug-likeness (QED) is 0.784. The summed E-state index contributed by atoms with van der Waals surface area (Å²) in [5.41, 5.74) is 1.25. The molecule has 0 atom stereocenters. The van der Waals surface area contributed by atoms with E-state index in [9.17, 15) is 4.79 Å². The summed E-state index contributed by atoms with van der Waals surface area (Å²) in [4.78, 5) is 11.1. The summed E-state index contributed by atoms with van der Waals surface area (Å²) in [5, 5.41) is 9.14. The van der Waals surface area contributed by atoms with Gasteiger partial charge in [-0.15, -0.1) is 0 Å². The molecule has 1 aliphatic carbocycles. The molecule has 0 radical (unpaired) electrons. The van der Waals surface area contributed by atoms with Crippen molar-refractivity contribution in [1.29, 1.82) is 0 Å². The van der Waals surface area contributed by atoms with Gasteiger partial charge in [0.25, 0.3) is 0 Å². The lowest BCUT2D eigenvalue weighted by molar-refractivity contribution is -0.120. The van der Waals surface area contributed by atoms with Crippen LogP contribution in [0.2, 0.25) is 0 Å². The number of Topliss-reactive ketones (excluding diaryl/α,β-unsaturated/α-hetero) is 1. The minimum absolute atomic E-state index is 0.306. The third kappa shape index (κ3) is 3.37. The molecule has 0 bridgehead atoms. The Morgan fingerprint density at radius 1 is 1.06 bits per heavy atom. The zero-order chi connectivity index (χ0) is 12.0. The van der Waals surface area contributed by atoms with Crippen molar-refractivity contribution in [2.75, 3.05) is 0 Å². The van der Waals surface area contributed by atoms with Crippen molar-refractivity contribution in [1.82, 2.24) is 0 Å². The minimum Gasteiger partial charge on any atom is -0.508 e. The van der Waals surface area contributed by atoms with E-state index in [2.05, 4.69) is 0 Å². The molecule has 0 aliphatic heterocycles. The van der Waals surface area contributed by atoms with Crippen molar-refractivity contribution < 1.29 is 9.90 Å². The van der Waals surface area contributed by atoms with Crippen LogP contribution in [0.4, 0.5) is 0 Å². The van der Waals surface area contributed by atoms with Gasteiger partial charge in [-0.1, -0.05) is 26.0 Å². The van der Waals surface area contributed by atoms with Crippen LogP contribution in [0.3, 0.4) is 0 Å². The fourth-order valence-electron chi connectivity index (χ4n) is 2.02. The van der Waals surface area contributed by atoms with Gasteiger partial charge in [-0.3, -0.25) is 4.79 Å². The Bertz CT molecular complexity index is 317. The van der Waals surface area contributed by atoms with Crippen molar-refractivity contribution in [3.63, 3.8) is 0 Å². The van der Waals surface area contributed by atoms with Crippen LogP contribution < -0.4 is 0 Å². The second kappa shape index (κ2) is 6.31. The summed E-state index contributed by atoms with van der Waals surface area (Å²) >= 11 is 0. The number of ketones is 1. The molecule has 2 nitrogen and oxygen atoms in total. The van der Waals surface area contributed by atoms with Crippen molar-refractivity contribution in [2.45, 2.75) is 45.4 Å². The van der Waals surface area contributed by atoms with Gasteiger partial charge in [0, 0.05) is 12.8 Å². The second-order valence-electron chi connectivity index (χ2n) is 3.90. The molecule has 1 saturated carbocycles. The Hall–Kier alpha value is -1.31. The highest BCUT2D eigenvalue weighted by molar-refractivity contribution is 5.79. The lowest BCUT2D eigenvalue weighted by atomic mass is 9.83. The smallest absolute Gasteiger partial charge is 0.132 e. The first kappa shape index (κ1) is 12.8. The molecule has 1 aromatic carbocycles. The van der Waals surface area contributed by atoms with E-state index in [1.807, 2.05) is 26.0 Å². The predicted molar refractivity (Wildman–Crippen MR) is 65.7 cm³/mol. The van der Waals surface area contributed by atoms with Gasteiger partial charge in [-0.25, -0.2) is 0 Å². The zero-order valence-corrected chi connectivity index (χ0v) is 10.1. The number of aromatic hydroxyl groups is 1. The number of carbonyl (C=O) groups is 1. The molecule has 0 spiro atoms. The van der Waals surface area contributed by atoms with Gasteiger partial charge in [-0.2, -0.15) is 0 Å². The van der Waals surface area contributed by atoms with E-state index < -0.39 is 0 Å². The Labute approximate surface area is 97.3 Å². The standard InChI is InChI=1S/C12H14O2.C2H6/c13-11-5-1-9(2-6-11)10-3-7-12(14)8-4-10;1-2/h1-2,5-6,10,13H,3-4,7-8H2;1-2H3. The van der Waals surface area contributed by atoms with Crippen LogP contribution in [0.25, 0.3) is 0 Å². The first-order valence-electron chi connectivity index (χ1n) is 6.06. The van der Waals surface area contributed by atoms with Crippen LogP contribution in [0.5, 0.6) is 5.75 Å². The molecule has 1 N–H and O–H groups in total. The van der Waals surface area contributed by atoms with Crippen molar-refractivity contribution in [2.24, 2.45) is 0 Å². The maximum Gasteiger partial charge on any atom is 0.132 e. The molecule has 0 heterocycles. The minimum atomic E-state index is 0.306. The van der Waals surface area contributed by atoms with E-state index in [0.29, 0.717) is 30.3 Å². The summed E-state index contributed by atoms with van der Waals surface area (Å²) in [6.07, 6.45) is 3.35. The summed E-state index contributed by atoms with van der Waals surface area (Å²) in [6.45, 7) is 4.00. The van der Waals surface area contributed by atoms with Crippen LogP contribution in [0, 0.1) is 0 Å². The van der Waals surface area contributed by atoms with Gasteiger partial charge in [0.1, 0.15) is 11.5 Å². The largest absolute Gasteiger partial charge is 0.508 e. The van der Waals surface area contributed by atoms with Crippen LogP contribution in [-0.2, 0) is 4.79 Å². The number of benzene rings is 1. The normalized spacial score (nSPS) is 16.5. The van der Waals surface area contributed by atoms with Gasteiger partial charge < -0.3 is 5.11 Å². The molecule has 2 heteroatoms. The first-order chi connectivity index (χ1) is 7.75. The van der Waals surface area contributed by atoms with E-state index in [1.54, 1.807) is 12.1 Å². The topological polar surface area (TPSA) is 37.3 Å². The molecule has 1 fully saturated rings. The summed E-state index contributed by atoms with van der Waals surface area (Å²) in [6, 6.07) is 7.34. The Kier molecular flexibility index (Phi) is 5.03. The fourth-order valence-corrected chi connectivity index (χ4v) is 2.02. The summed E-state index contributed by atoms with van der Waals surface area (Å²) in [7, 11) is 0. The number of carbonyl (C=O) groups excluding carboxylic acids is 1. The van der Waals surface area contributed by atoms with Gasteiger partial charge in [0.15, 0.2) is 0 Å². The Balaban J connectivity index is 0.000000606. The van der Waals surface area contributed by atoms with Gasteiger partial charge in [0.05, 0.1) is 0 Å². The van der Waals surface area contributed by atoms with Crippen LogP contribution in [-0.4, -0.2) is 10.9 Å². The Morgan fingerprint density at radius 3 is 2.06 bits per heavy atom. The molecule has 1 aliphatic rings. The fraction of sp³-hybridized carbons (Fsp3) is 0.500.